The Balaban J connectivity index is 1.42. The summed E-state index contributed by atoms with van der Waals surface area (Å²) in [5, 5.41) is 0. The second-order valence-electron chi connectivity index (χ2n) is 7.98. The molecule has 0 spiro atoms. The lowest BCUT2D eigenvalue weighted by Crippen LogP contribution is -2.41. The predicted octanol–water partition coefficient (Wildman–Crippen LogP) is 4.71. The van der Waals surface area contributed by atoms with Crippen LogP contribution < -0.4 is 9.47 Å². The maximum absolute atomic E-state index is 13.2. The quantitative estimate of drug-likeness (QED) is 0.693. The molecule has 2 aromatic carbocycles. The van der Waals surface area contributed by atoms with E-state index < -0.39 is 0 Å². The third-order valence-electron chi connectivity index (χ3n) is 6.01. The van der Waals surface area contributed by atoms with E-state index in [0.29, 0.717) is 23.7 Å². The van der Waals surface area contributed by atoms with Crippen LogP contribution in [0.1, 0.15) is 36.0 Å². The van der Waals surface area contributed by atoms with E-state index >= 15 is 0 Å². The number of ether oxygens (including phenoxy) is 4. The Bertz CT molecular complexity index is 931. The summed E-state index contributed by atoms with van der Waals surface area (Å²) >= 11 is 0. The molecule has 2 aromatic rings. The van der Waals surface area contributed by atoms with Crippen molar-refractivity contribution in [1.82, 2.24) is 0 Å². The van der Waals surface area contributed by atoms with Crippen molar-refractivity contribution in [3.05, 3.63) is 65.4 Å². The van der Waals surface area contributed by atoms with Crippen molar-refractivity contribution in [1.29, 1.82) is 0 Å². The predicted molar refractivity (Wildman–Crippen MR) is 115 cm³/mol. The first-order chi connectivity index (χ1) is 14.6. The van der Waals surface area contributed by atoms with Gasteiger partial charge in [0.2, 0.25) is 0 Å². The van der Waals surface area contributed by atoms with Crippen LogP contribution in [-0.2, 0) is 20.9 Å². The van der Waals surface area contributed by atoms with Crippen molar-refractivity contribution in [2.75, 3.05) is 14.2 Å². The van der Waals surface area contributed by atoms with Gasteiger partial charge in [0, 0.05) is 6.42 Å². The molecule has 30 heavy (non-hydrogen) atoms. The van der Waals surface area contributed by atoms with Crippen molar-refractivity contribution < 1.29 is 23.7 Å². The first-order valence-corrected chi connectivity index (χ1v) is 10.4. The Hall–Kier alpha value is -2.79. The highest BCUT2D eigenvalue weighted by molar-refractivity contribution is 6.22. The summed E-state index contributed by atoms with van der Waals surface area (Å²) in [6.45, 7) is 2.66. The summed E-state index contributed by atoms with van der Waals surface area (Å²) in [6, 6.07) is 13.9. The van der Waals surface area contributed by atoms with Gasteiger partial charge in [-0.1, -0.05) is 35.9 Å². The summed E-state index contributed by atoms with van der Waals surface area (Å²) in [4.78, 5) is 13.2. The normalized spacial score (nSPS) is 23.2. The first-order valence-electron chi connectivity index (χ1n) is 10.4. The summed E-state index contributed by atoms with van der Waals surface area (Å²) in [5.41, 5.74) is 3.79. The molecule has 0 amide bonds. The lowest BCUT2D eigenvalue weighted by Gasteiger charge is -2.37. The second-order valence-corrected chi connectivity index (χ2v) is 7.98. The minimum atomic E-state index is -0.127. The Kier molecular flexibility index (Phi) is 6.09. The van der Waals surface area contributed by atoms with Gasteiger partial charge in [-0.25, -0.2) is 0 Å². The van der Waals surface area contributed by atoms with Crippen LogP contribution in [0.5, 0.6) is 11.5 Å². The minimum Gasteiger partial charge on any atom is -0.496 e. The van der Waals surface area contributed by atoms with Crippen molar-refractivity contribution in [3.8, 4) is 11.5 Å². The zero-order valence-corrected chi connectivity index (χ0v) is 17.7. The summed E-state index contributed by atoms with van der Waals surface area (Å²) < 4.78 is 22.8. The van der Waals surface area contributed by atoms with Crippen LogP contribution in [0, 0.1) is 12.8 Å². The lowest BCUT2D eigenvalue weighted by molar-refractivity contribution is -0.128. The molecule has 1 heterocycles. The second kappa shape index (κ2) is 8.92. The number of Topliss-reactive ketones (excluding diaryl/α,β-unsaturated/α-hetero) is 1. The standard InChI is InChI=1S/C25H28O5/c1-16-4-6-17(7-5-16)14-29-19-9-10-20-23(13-19)30-15-21(25(20)26)18-8-11-22(27-2)24(12-18)28-3/h4-8,11-12,15,19-20,23H,9-10,13-14H2,1-3H3. The van der Waals surface area contributed by atoms with Gasteiger partial charge in [-0.15, -0.1) is 0 Å². The molecule has 0 N–H and O–H groups in total. The molecule has 158 valence electrons. The van der Waals surface area contributed by atoms with Gasteiger partial charge >= 0.3 is 0 Å². The first kappa shape index (κ1) is 20.5. The third-order valence-corrected chi connectivity index (χ3v) is 6.01. The molecule has 1 saturated carbocycles. The summed E-state index contributed by atoms with van der Waals surface area (Å²) in [6.07, 6.45) is 3.95. The van der Waals surface area contributed by atoms with Crippen molar-refractivity contribution in [3.63, 3.8) is 0 Å². The number of hydrogen-bond donors (Lipinski definition) is 0. The van der Waals surface area contributed by atoms with Gasteiger partial charge < -0.3 is 18.9 Å². The fourth-order valence-electron chi connectivity index (χ4n) is 4.22. The van der Waals surface area contributed by atoms with Crippen LogP contribution in [0.3, 0.4) is 0 Å². The monoisotopic (exact) mass is 408 g/mol. The number of benzene rings is 2. The Morgan fingerprint density at radius 2 is 1.77 bits per heavy atom. The molecule has 3 atom stereocenters. The summed E-state index contributed by atoms with van der Waals surface area (Å²) in [7, 11) is 3.18. The molecule has 3 unspecified atom stereocenters. The molecule has 0 saturated heterocycles. The molecule has 5 nitrogen and oxygen atoms in total. The number of hydrogen-bond acceptors (Lipinski definition) is 5. The number of carbonyl (C=O) groups excluding carboxylic acids is 1. The molecule has 1 aliphatic carbocycles. The van der Waals surface area contributed by atoms with Gasteiger partial charge in [-0.3, -0.25) is 4.79 Å². The van der Waals surface area contributed by atoms with Crippen molar-refractivity contribution >= 4 is 11.4 Å². The van der Waals surface area contributed by atoms with Crippen LogP contribution in [-0.4, -0.2) is 32.2 Å². The molecule has 5 heteroatoms. The van der Waals surface area contributed by atoms with Crippen LogP contribution >= 0.6 is 0 Å². The highest BCUT2D eigenvalue weighted by Crippen LogP contribution is 2.39. The molecule has 1 fully saturated rings. The molecule has 2 aliphatic rings. The number of aryl methyl sites for hydroxylation is 1. The molecular weight excluding hydrogens is 380 g/mol. The van der Waals surface area contributed by atoms with Crippen LogP contribution in [0.25, 0.3) is 5.57 Å². The van der Waals surface area contributed by atoms with Gasteiger partial charge in [0.25, 0.3) is 0 Å². The number of rotatable bonds is 6. The van der Waals surface area contributed by atoms with Crippen LogP contribution in [0.4, 0.5) is 0 Å². The van der Waals surface area contributed by atoms with Crippen LogP contribution in [0.15, 0.2) is 48.7 Å². The van der Waals surface area contributed by atoms with Gasteiger partial charge in [0.1, 0.15) is 6.10 Å². The number of ketones is 1. The molecular formula is C25H28O5. The summed E-state index contributed by atoms with van der Waals surface area (Å²) in [5.74, 6) is 1.24. The highest BCUT2D eigenvalue weighted by Gasteiger charge is 2.40. The number of fused-ring (bicyclic) bond motifs is 1. The fourth-order valence-corrected chi connectivity index (χ4v) is 4.22. The lowest BCUT2D eigenvalue weighted by atomic mass is 9.78. The van der Waals surface area contributed by atoms with E-state index in [1.807, 2.05) is 18.2 Å². The number of carbonyl (C=O) groups is 1. The molecule has 0 radical (unpaired) electrons. The number of methoxy groups -OCH3 is 2. The van der Waals surface area contributed by atoms with Gasteiger partial charge in [0.15, 0.2) is 17.3 Å². The fraction of sp³-hybridized carbons (Fsp3) is 0.400. The van der Waals surface area contributed by atoms with E-state index in [1.165, 1.54) is 11.1 Å². The van der Waals surface area contributed by atoms with E-state index in [4.69, 9.17) is 18.9 Å². The Morgan fingerprint density at radius 1 is 1.00 bits per heavy atom. The molecule has 4 rings (SSSR count). The zero-order chi connectivity index (χ0) is 21.1. The molecule has 0 bridgehead atoms. The van der Waals surface area contributed by atoms with E-state index in [1.54, 1.807) is 20.5 Å². The smallest absolute Gasteiger partial charge is 0.173 e. The Labute approximate surface area is 177 Å². The molecule has 0 aromatic heterocycles. The van der Waals surface area contributed by atoms with Crippen LogP contribution in [0.2, 0.25) is 0 Å². The minimum absolute atomic E-state index is 0.108. The van der Waals surface area contributed by atoms with Crippen molar-refractivity contribution in [2.24, 2.45) is 5.92 Å². The van der Waals surface area contributed by atoms with Gasteiger partial charge in [-0.2, -0.15) is 0 Å². The topological polar surface area (TPSA) is 54.0 Å². The third kappa shape index (κ3) is 4.21. The highest BCUT2D eigenvalue weighted by atomic mass is 16.5. The van der Waals surface area contributed by atoms with Crippen molar-refractivity contribution in [2.45, 2.75) is 45.0 Å². The average molecular weight is 408 g/mol. The van der Waals surface area contributed by atoms with E-state index in [9.17, 15) is 4.79 Å². The maximum Gasteiger partial charge on any atom is 0.173 e. The average Bonchev–Trinajstić information content (AvgIpc) is 2.78. The zero-order valence-electron chi connectivity index (χ0n) is 17.7. The largest absolute Gasteiger partial charge is 0.496 e. The van der Waals surface area contributed by atoms with Gasteiger partial charge in [-0.05, 0) is 43.0 Å². The Morgan fingerprint density at radius 3 is 2.50 bits per heavy atom. The number of allylic oxidation sites excluding steroid dienone is 1. The van der Waals surface area contributed by atoms with E-state index in [2.05, 4.69) is 31.2 Å². The van der Waals surface area contributed by atoms with E-state index in [0.717, 1.165) is 24.8 Å². The SMILES string of the molecule is COc1ccc(C2=COC3CC(OCc4ccc(C)cc4)CCC3C2=O)cc1OC. The van der Waals surface area contributed by atoms with E-state index in [-0.39, 0.29) is 23.9 Å². The maximum atomic E-state index is 13.2. The molecule has 1 aliphatic heterocycles. The van der Waals surface area contributed by atoms with Gasteiger partial charge in [0.05, 0.1) is 44.7 Å².